The van der Waals surface area contributed by atoms with Crippen LogP contribution in [0.1, 0.15) is 12.8 Å². The molecular weight excluding hydrogens is 248 g/mol. The molecule has 2 aliphatic heterocycles. The summed E-state index contributed by atoms with van der Waals surface area (Å²) in [6.45, 7) is 0. The SMILES string of the molecule is BrCCCC12BBBBBBBC(BB1)B2. The summed E-state index contributed by atoms with van der Waals surface area (Å²) in [7, 11) is 15.3. The second kappa shape index (κ2) is 6.90. The van der Waals surface area contributed by atoms with E-state index in [9.17, 15) is 0 Å². The summed E-state index contributed by atoms with van der Waals surface area (Å²) in [5.41, 5.74) is 1.09. The zero-order valence-electron chi connectivity index (χ0n) is 10.6. The average molecular weight is 265 g/mol. The van der Waals surface area contributed by atoms with Crippen molar-refractivity contribution in [2.24, 2.45) is 0 Å². The molecule has 0 spiro atoms. The Kier molecular flexibility index (Phi) is 5.85. The van der Waals surface area contributed by atoms with Crippen LogP contribution in [0.5, 0.6) is 0 Å². The molecule has 2 unspecified atom stereocenters. The van der Waals surface area contributed by atoms with Gasteiger partial charge in [-0.2, -0.15) is 0 Å². The molecule has 74 valence electrons. The normalized spacial score (nSPS) is 31.2. The molecule has 0 aromatic carbocycles. The summed E-state index contributed by atoms with van der Waals surface area (Å²) >= 11 is 3.61. The van der Waals surface area contributed by atoms with Gasteiger partial charge in [0.15, 0.2) is 0 Å². The molecule has 16 heavy (non-hydrogen) atoms. The van der Waals surface area contributed by atoms with Gasteiger partial charge in [0.05, 0.1) is 36.0 Å². The highest BCUT2D eigenvalue weighted by Gasteiger charge is 2.40. The molecule has 2 atom stereocenters. The van der Waals surface area contributed by atoms with Gasteiger partial charge in [-0.25, -0.2) is 0 Å². The van der Waals surface area contributed by atoms with E-state index >= 15 is 0 Å². The van der Waals surface area contributed by atoms with E-state index in [0.29, 0.717) is 0 Å². The van der Waals surface area contributed by atoms with Crippen LogP contribution in [0, 0.1) is 0 Å². The second-order valence-corrected chi connectivity index (χ2v) is 7.00. The molecule has 0 amide bonds. The van der Waals surface area contributed by atoms with Gasteiger partial charge in [0.1, 0.15) is 0 Å². The van der Waals surface area contributed by atoms with Crippen molar-refractivity contribution in [2.75, 3.05) is 5.33 Å². The summed E-state index contributed by atoms with van der Waals surface area (Å²) in [5.74, 6) is 0. The zero-order valence-corrected chi connectivity index (χ0v) is 12.2. The Labute approximate surface area is 116 Å². The van der Waals surface area contributed by atoms with Crippen LogP contribution in [-0.2, 0) is 0 Å². The predicted molar refractivity (Wildman–Crippen MR) is 101 cm³/mol. The number of hydrogen-bond donors (Lipinski definition) is 0. The molecule has 2 aliphatic rings. The van der Waals surface area contributed by atoms with Gasteiger partial charge in [0, 0.05) is 40.6 Å². The quantitative estimate of drug-likeness (QED) is 0.358. The maximum Gasteiger partial charge on any atom is 0.0966 e. The van der Waals surface area contributed by atoms with Gasteiger partial charge in [0.25, 0.3) is 0 Å². The number of rotatable bonds is 3. The molecule has 2 bridgehead atoms. The third-order valence-corrected chi connectivity index (χ3v) is 5.53. The van der Waals surface area contributed by atoms with Crippen LogP contribution in [0.3, 0.4) is 0 Å². The Morgan fingerprint density at radius 2 is 1.75 bits per heavy atom. The minimum Gasteiger partial charge on any atom is -0.127 e. The van der Waals surface area contributed by atoms with Gasteiger partial charge >= 0.3 is 0 Å². The number of fused-ring (bicyclic) bond motifs is 2. The molecule has 2 heterocycles. The fourth-order valence-corrected chi connectivity index (χ4v) is 4.34. The highest BCUT2D eigenvalue weighted by atomic mass is 79.9. The topological polar surface area (TPSA) is 0 Å². The first-order valence-corrected chi connectivity index (χ1v) is 8.53. The molecular formula is C5H17B10Br. The minimum absolute atomic E-state index is 0.774. The monoisotopic (exact) mass is 266 g/mol. The third-order valence-electron chi connectivity index (χ3n) is 4.96. The number of hydrogen-bond acceptors (Lipinski definition) is 0. The summed E-state index contributed by atoms with van der Waals surface area (Å²) < 4.78 is 0. The van der Waals surface area contributed by atoms with Crippen LogP contribution < -0.4 is 0 Å². The molecule has 0 radical (unpaired) electrons. The molecule has 0 saturated carbocycles. The van der Waals surface area contributed by atoms with Gasteiger partial charge in [0.2, 0.25) is 0 Å². The third kappa shape index (κ3) is 3.82. The van der Waals surface area contributed by atoms with Crippen molar-refractivity contribution >= 4 is 87.2 Å². The minimum atomic E-state index is 0.774. The van der Waals surface area contributed by atoms with E-state index in [1.807, 2.05) is 0 Å². The van der Waals surface area contributed by atoms with Crippen LogP contribution in [-0.4, -0.2) is 76.6 Å². The van der Waals surface area contributed by atoms with E-state index < -0.39 is 0 Å². The Morgan fingerprint density at radius 1 is 0.938 bits per heavy atom. The van der Waals surface area contributed by atoms with Gasteiger partial charge in [-0.1, -0.05) is 22.4 Å². The van der Waals surface area contributed by atoms with E-state index in [4.69, 9.17) is 0 Å². The van der Waals surface area contributed by atoms with E-state index in [1.54, 1.807) is 21.6 Å². The average Bonchev–Trinajstić information content (AvgIpc) is 2.69. The van der Waals surface area contributed by atoms with Crippen molar-refractivity contribution in [1.29, 1.82) is 0 Å². The lowest BCUT2D eigenvalue weighted by Gasteiger charge is -2.29. The molecule has 0 N–H and O–H groups in total. The van der Waals surface area contributed by atoms with E-state index in [2.05, 4.69) is 15.9 Å². The molecule has 2 saturated heterocycles. The Hall–Kier alpha value is 1.13. The van der Waals surface area contributed by atoms with Gasteiger partial charge in [-0.3, -0.25) is 0 Å². The Balaban J connectivity index is 1.92. The van der Waals surface area contributed by atoms with Crippen LogP contribution >= 0.6 is 15.9 Å². The smallest absolute Gasteiger partial charge is 0.0966 e. The maximum atomic E-state index is 3.61. The molecule has 11 heteroatoms. The lowest BCUT2D eigenvalue weighted by Crippen LogP contribution is -2.40. The molecule has 0 aromatic rings. The van der Waals surface area contributed by atoms with Gasteiger partial charge < -0.3 is 0 Å². The highest BCUT2D eigenvalue weighted by Crippen LogP contribution is 2.36. The summed E-state index contributed by atoms with van der Waals surface area (Å²) in [5, 5.41) is 1.98. The predicted octanol–water partition coefficient (Wildman–Crippen LogP) is -4.26. The van der Waals surface area contributed by atoms with Crippen LogP contribution in [0.4, 0.5) is 0 Å². The van der Waals surface area contributed by atoms with Gasteiger partial charge in [-0.05, 0) is 6.42 Å². The van der Waals surface area contributed by atoms with Crippen molar-refractivity contribution in [3.63, 3.8) is 0 Å². The first-order valence-electron chi connectivity index (χ1n) is 7.41. The van der Waals surface area contributed by atoms with Crippen molar-refractivity contribution in [3.8, 4) is 0 Å². The van der Waals surface area contributed by atoms with Crippen molar-refractivity contribution < 1.29 is 0 Å². The van der Waals surface area contributed by atoms with Crippen LogP contribution in [0.25, 0.3) is 0 Å². The van der Waals surface area contributed by atoms with Crippen LogP contribution in [0.2, 0.25) is 10.7 Å². The molecule has 2 fully saturated rings. The van der Waals surface area contributed by atoms with E-state index in [1.165, 1.54) is 67.8 Å². The molecule has 2 rings (SSSR count). The number of alkyl halides is 1. The summed E-state index contributed by atoms with van der Waals surface area (Å²) in [6.07, 6.45) is 2.89. The zero-order chi connectivity index (χ0) is 11.3. The fraction of sp³-hybridized carbons (Fsp3) is 1.00. The first kappa shape index (κ1) is 13.6. The molecule has 0 aliphatic carbocycles. The maximum absolute atomic E-state index is 3.61. The van der Waals surface area contributed by atoms with Crippen molar-refractivity contribution in [2.45, 2.75) is 23.6 Å². The standard InChI is InChI=1S/C5H17B10Br/c16-3-1-2-5-6-4(7-9-5)8-11-13-15-14-12-10-5/h4,6-15H,1-3H2. The lowest BCUT2D eigenvalue weighted by atomic mass is 8.89. The van der Waals surface area contributed by atoms with Crippen molar-refractivity contribution in [3.05, 3.63) is 0 Å². The van der Waals surface area contributed by atoms with E-state index in [0.717, 1.165) is 10.7 Å². The number of halogens is 1. The summed E-state index contributed by atoms with van der Waals surface area (Å²) in [6, 6.07) is 0. The fourth-order valence-electron chi connectivity index (χ4n) is 4.06. The first-order chi connectivity index (χ1) is 7.85. The lowest BCUT2D eigenvalue weighted by molar-refractivity contribution is 0.815. The van der Waals surface area contributed by atoms with Crippen LogP contribution in [0.15, 0.2) is 0 Å². The second-order valence-electron chi connectivity index (χ2n) is 6.21. The Morgan fingerprint density at radius 3 is 2.62 bits per heavy atom. The van der Waals surface area contributed by atoms with E-state index in [-0.39, 0.29) is 0 Å². The molecule has 0 nitrogen and oxygen atoms in total. The highest BCUT2D eigenvalue weighted by molar-refractivity contribution is 9.09. The van der Waals surface area contributed by atoms with Gasteiger partial charge in [-0.15, -0.1) is 10.7 Å². The largest absolute Gasteiger partial charge is 0.127 e. The molecule has 0 aromatic heterocycles. The van der Waals surface area contributed by atoms with Crippen molar-refractivity contribution in [1.82, 2.24) is 0 Å². The Bertz CT molecular complexity index is 215. The summed E-state index contributed by atoms with van der Waals surface area (Å²) in [4.78, 5) is 0.